The molecule has 1 fully saturated rings. The van der Waals surface area contributed by atoms with Crippen LogP contribution in [0, 0.1) is 0 Å². The summed E-state index contributed by atoms with van der Waals surface area (Å²) >= 11 is 0. The van der Waals surface area contributed by atoms with Crippen molar-refractivity contribution >= 4 is 11.6 Å². The summed E-state index contributed by atoms with van der Waals surface area (Å²) in [6, 6.07) is 0.439. The summed E-state index contributed by atoms with van der Waals surface area (Å²) in [5.74, 6) is 1.83. The quantitative estimate of drug-likeness (QED) is 0.818. The van der Waals surface area contributed by atoms with E-state index in [-0.39, 0.29) is 0 Å². The van der Waals surface area contributed by atoms with Crippen LogP contribution < -0.4 is 15.5 Å². The van der Waals surface area contributed by atoms with E-state index in [1.807, 2.05) is 12.4 Å². The van der Waals surface area contributed by atoms with Crippen molar-refractivity contribution in [2.75, 3.05) is 36.4 Å². The van der Waals surface area contributed by atoms with Crippen molar-refractivity contribution in [2.45, 2.75) is 26.3 Å². The highest BCUT2D eigenvalue weighted by Gasteiger charge is 2.11. The number of hydrogen-bond acceptors (Lipinski definition) is 5. The molecule has 1 unspecified atom stereocenters. The highest BCUT2D eigenvalue weighted by atomic mass is 15.2. The molecule has 2 N–H and O–H groups in total. The van der Waals surface area contributed by atoms with Crippen LogP contribution in [-0.2, 0) is 0 Å². The van der Waals surface area contributed by atoms with Crippen molar-refractivity contribution in [1.29, 1.82) is 0 Å². The summed E-state index contributed by atoms with van der Waals surface area (Å²) in [6.45, 7) is 8.36. The minimum Gasteiger partial charge on any atom is -0.366 e. The second kappa shape index (κ2) is 5.82. The summed E-state index contributed by atoms with van der Waals surface area (Å²) in [6.07, 6.45) is 4.76. The zero-order valence-electron chi connectivity index (χ0n) is 10.6. The number of hydrogen-bond donors (Lipinski definition) is 2. The Morgan fingerprint density at radius 3 is 2.71 bits per heavy atom. The van der Waals surface area contributed by atoms with E-state index in [1.165, 1.54) is 0 Å². The van der Waals surface area contributed by atoms with Gasteiger partial charge in [0.15, 0.2) is 0 Å². The first-order chi connectivity index (χ1) is 8.29. The van der Waals surface area contributed by atoms with E-state index < -0.39 is 0 Å². The molecule has 2 rings (SSSR count). The maximum absolute atomic E-state index is 4.46. The molecule has 0 radical (unpaired) electrons. The standard InChI is InChI=1S/C12H21N5/c1-3-10(2)16-11-8-15-12(9-14-11)17-6-4-13-5-7-17/h8-10,13H,3-7H2,1-2H3,(H,14,16). The number of anilines is 2. The molecule has 94 valence electrons. The first-order valence-electron chi connectivity index (χ1n) is 6.34. The van der Waals surface area contributed by atoms with Crippen LogP contribution in [0.25, 0.3) is 0 Å². The highest BCUT2D eigenvalue weighted by Crippen LogP contribution is 2.12. The van der Waals surface area contributed by atoms with Gasteiger partial charge in [-0.3, -0.25) is 0 Å². The molecule has 1 aromatic rings. The summed E-state index contributed by atoms with van der Waals surface area (Å²) in [4.78, 5) is 11.1. The van der Waals surface area contributed by atoms with Crippen LogP contribution in [0.4, 0.5) is 11.6 Å². The summed E-state index contributed by atoms with van der Waals surface area (Å²) in [5, 5.41) is 6.64. The zero-order chi connectivity index (χ0) is 12.1. The van der Waals surface area contributed by atoms with Crippen LogP contribution >= 0.6 is 0 Å². The van der Waals surface area contributed by atoms with E-state index >= 15 is 0 Å². The van der Waals surface area contributed by atoms with E-state index in [2.05, 4.69) is 39.3 Å². The lowest BCUT2D eigenvalue weighted by Crippen LogP contribution is -2.43. The molecule has 0 amide bonds. The number of nitrogens with zero attached hydrogens (tertiary/aromatic N) is 3. The van der Waals surface area contributed by atoms with Gasteiger partial charge in [-0.25, -0.2) is 9.97 Å². The van der Waals surface area contributed by atoms with Gasteiger partial charge in [0, 0.05) is 32.2 Å². The monoisotopic (exact) mass is 235 g/mol. The number of nitrogens with one attached hydrogen (secondary N) is 2. The van der Waals surface area contributed by atoms with Crippen molar-refractivity contribution in [2.24, 2.45) is 0 Å². The van der Waals surface area contributed by atoms with E-state index in [1.54, 1.807) is 0 Å². The second-order valence-corrected chi connectivity index (χ2v) is 4.45. The Labute approximate surface area is 103 Å². The number of aromatic nitrogens is 2. The van der Waals surface area contributed by atoms with Gasteiger partial charge in [0.25, 0.3) is 0 Å². The van der Waals surface area contributed by atoms with Crippen molar-refractivity contribution in [3.63, 3.8) is 0 Å². The lowest BCUT2D eigenvalue weighted by molar-refractivity contribution is 0.584. The molecule has 5 nitrogen and oxygen atoms in total. The molecule has 1 aromatic heterocycles. The van der Waals surface area contributed by atoms with Gasteiger partial charge in [0.05, 0.1) is 12.4 Å². The normalized spacial score (nSPS) is 17.9. The Morgan fingerprint density at radius 1 is 1.35 bits per heavy atom. The van der Waals surface area contributed by atoms with E-state index in [0.29, 0.717) is 6.04 Å². The van der Waals surface area contributed by atoms with E-state index in [9.17, 15) is 0 Å². The van der Waals surface area contributed by atoms with Gasteiger partial charge in [-0.05, 0) is 13.3 Å². The van der Waals surface area contributed by atoms with Crippen molar-refractivity contribution in [3.05, 3.63) is 12.4 Å². The molecule has 0 saturated carbocycles. The maximum Gasteiger partial charge on any atom is 0.147 e. The van der Waals surface area contributed by atoms with Crippen molar-refractivity contribution in [3.8, 4) is 0 Å². The molecular formula is C12H21N5. The third-order valence-electron chi connectivity index (χ3n) is 3.09. The van der Waals surface area contributed by atoms with Crippen LogP contribution in [-0.4, -0.2) is 42.2 Å². The first-order valence-corrected chi connectivity index (χ1v) is 6.34. The Balaban J connectivity index is 1.97. The fraction of sp³-hybridized carbons (Fsp3) is 0.667. The molecule has 0 spiro atoms. The Bertz CT molecular complexity index is 331. The van der Waals surface area contributed by atoms with Gasteiger partial charge in [0.2, 0.25) is 0 Å². The van der Waals surface area contributed by atoms with Gasteiger partial charge >= 0.3 is 0 Å². The first kappa shape index (κ1) is 12.1. The lowest BCUT2D eigenvalue weighted by atomic mass is 10.3. The molecule has 0 bridgehead atoms. The Hall–Kier alpha value is -1.36. The average Bonchev–Trinajstić information content (AvgIpc) is 2.40. The van der Waals surface area contributed by atoms with Crippen LogP contribution in [0.2, 0.25) is 0 Å². The predicted molar refractivity (Wildman–Crippen MR) is 70.5 cm³/mol. The molecular weight excluding hydrogens is 214 g/mol. The van der Waals surface area contributed by atoms with Crippen molar-refractivity contribution < 1.29 is 0 Å². The molecule has 0 aromatic carbocycles. The second-order valence-electron chi connectivity index (χ2n) is 4.45. The zero-order valence-corrected chi connectivity index (χ0v) is 10.6. The van der Waals surface area contributed by atoms with Crippen LogP contribution in [0.3, 0.4) is 0 Å². The minimum atomic E-state index is 0.439. The average molecular weight is 235 g/mol. The van der Waals surface area contributed by atoms with E-state index in [0.717, 1.165) is 44.2 Å². The molecule has 0 aliphatic carbocycles. The third-order valence-corrected chi connectivity index (χ3v) is 3.09. The minimum absolute atomic E-state index is 0.439. The van der Waals surface area contributed by atoms with Gasteiger partial charge in [-0.2, -0.15) is 0 Å². The third kappa shape index (κ3) is 3.30. The fourth-order valence-corrected chi connectivity index (χ4v) is 1.81. The molecule has 2 heterocycles. The topological polar surface area (TPSA) is 53.1 Å². The van der Waals surface area contributed by atoms with Crippen LogP contribution in [0.15, 0.2) is 12.4 Å². The molecule has 1 atom stereocenters. The Morgan fingerprint density at radius 2 is 2.12 bits per heavy atom. The molecule has 5 heteroatoms. The lowest BCUT2D eigenvalue weighted by Gasteiger charge is -2.28. The summed E-state index contributed by atoms with van der Waals surface area (Å²) in [7, 11) is 0. The molecule has 1 aliphatic heterocycles. The number of piperazine rings is 1. The largest absolute Gasteiger partial charge is 0.366 e. The maximum atomic E-state index is 4.46. The fourth-order valence-electron chi connectivity index (χ4n) is 1.81. The molecule has 17 heavy (non-hydrogen) atoms. The van der Waals surface area contributed by atoms with Crippen molar-refractivity contribution in [1.82, 2.24) is 15.3 Å². The van der Waals surface area contributed by atoms with Gasteiger partial charge in [-0.1, -0.05) is 6.92 Å². The predicted octanol–water partition coefficient (Wildman–Crippen LogP) is 1.10. The smallest absolute Gasteiger partial charge is 0.147 e. The Kier molecular flexibility index (Phi) is 4.14. The molecule has 1 saturated heterocycles. The van der Waals surface area contributed by atoms with Crippen LogP contribution in [0.5, 0.6) is 0 Å². The van der Waals surface area contributed by atoms with E-state index in [4.69, 9.17) is 0 Å². The highest BCUT2D eigenvalue weighted by molar-refractivity contribution is 5.42. The van der Waals surface area contributed by atoms with Gasteiger partial charge in [0.1, 0.15) is 11.6 Å². The van der Waals surface area contributed by atoms with Crippen LogP contribution in [0.1, 0.15) is 20.3 Å². The van der Waals surface area contributed by atoms with Gasteiger partial charge in [-0.15, -0.1) is 0 Å². The molecule has 1 aliphatic rings. The number of rotatable bonds is 4. The summed E-state index contributed by atoms with van der Waals surface area (Å²) < 4.78 is 0. The SMILES string of the molecule is CCC(C)Nc1cnc(N2CCNCC2)cn1. The van der Waals surface area contributed by atoms with Gasteiger partial charge < -0.3 is 15.5 Å². The summed E-state index contributed by atoms with van der Waals surface area (Å²) in [5.41, 5.74) is 0.